The van der Waals surface area contributed by atoms with E-state index in [4.69, 9.17) is 0 Å². The quantitative estimate of drug-likeness (QED) is 0.937. The number of carbonyl (C=O) groups is 2. The first-order chi connectivity index (χ1) is 11.2. The van der Waals surface area contributed by atoms with Crippen LogP contribution in [0.15, 0.2) is 35.7 Å². The highest BCUT2D eigenvalue weighted by molar-refractivity contribution is 7.10. The monoisotopic (exact) mass is 328 g/mol. The molecule has 1 N–H and O–H groups in total. The highest BCUT2D eigenvalue weighted by Gasteiger charge is 2.19. The molecule has 0 saturated heterocycles. The van der Waals surface area contributed by atoms with Gasteiger partial charge in [0.1, 0.15) is 0 Å². The summed E-state index contributed by atoms with van der Waals surface area (Å²) in [5.74, 6) is 0.174. The Balaban J connectivity index is 1.68. The van der Waals surface area contributed by atoms with Gasteiger partial charge in [-0.2, -0.15) is 0 Å². The van der Waals surface area contributed by atoms with Crippen molar-refractivity contribution >= 4 is 28.8 Å². The first-order valence-electron chi connectivity index (χ1n) is 7.87. The van der Waals surface area contributed by atoms with E-state index in [9.17, 15) is 9.59 Å². The lowest BCUT2D eigenvalue weighted by atomic mass is 9.99. The smallest absolute Gasteiger partial charge is 0.229 e. The maximum atomic E-state index is 12.1. The number of nitrogens with one attached hydrogen (secondary N) is 1. The maximum absolute atomic E-state index is 12.1. The predicted molar refractivity (Wildman–Crippen MR) is 92.5 cm³/mol. The molecule has 0 radical (unpaired) electrons. The highest BCUT2D eigenvalue weighted by atomic mass is 32.1. The number of nitrogens with zero attached hydrogens (tertiary/aromatic N) is 1. The molecule has 2 aromatic rings. The van der Waals surface area contributed by atoms with Crippen LogP contribution in [0.2, 0.25) is 0 Å². The number of rotatable bonds is 4. The lowest BCUT2D eigenvalue weighted by molar-refractivity contribution is -0.131. The number of hydrogen-bond donors (Lipinski definition) is 1. The van der Waals surface area contributed by atoms with Gasteiger partial charge in [-0.1, -0.05) is 19.1 Å². The van der Waals surface area contributed by atoms with Gasteiger partial charge in [0.25, 0.3) is 0 Å². The van der Waals surface area contributed by atoms with E-state index in [0.717, 1.165) is 29.1 Å². The van der Waals surface area contributed by atoms with Crippen LogP contribution in [0, 0.1) is 0 Å². The van der Waals surface area contributed by atoms with E-state index in [2.05, 4.69) is 11.4 Å². The van der Waals surface area contributed by atoms with E-state index in [-0.39, 0.29) is 11.8 Å². The molecule has 1 aliphatic rings. The zero-order valence-electron chi connectivity index (χ0n) is 13.2. The molecule has 2 heterocycles. The van der Waals surface area contributed by atoms with Crippen LogP contribution in [-0.4, -0.2) is 23.3 Å². The van der Waals surface area contributed by atoms with E-state index in [1.807, 2.05) is 41.5 Å². The number of anilines is 1. The van der Waals surface area contributed by atoms with E-state index in [1.54, 1.807) is 11.3 Å². The van der Waals surface area contributed by atoms with Crippen LogP contribution in [0.3, 0.4) is 0 Å². The van der Waals surface area contributed by atoms with Crippen molar-refractivity contribution in [2.45, 2.75) is 32.7 Å². The van der Waals surface area contributed by atoms with Crippen molar-refractivity contribution < 1.29 is 9.59 Å². The zero-order chi connectivity index (χ0) is 16.2. The minimum atomic E-state index is -0.00954. The van der Waals surface area contributed by atoms with Crippen molar-refractivity contribution in [3.05, 3.63) is 51.7 Å². The second-order valence-electron chi connectivity index (χ2n) is 5.71. The van der Waals surface area contributed by atoms with E-state index in [0.29, 0.717) is 19.4 Å². The Hall–Kier alpha value is -2.14. The number of hydrogen-bond acceptors (Lipinski definition) is 3. The van der Waals surface area contributed by atoms with E-state index in [1.165, 1.54) is 5.56 Å². The van der Waals surface area contributed by atoms with Crippen molar-refractivity contribution in [2.24, 2.45) is 0 Å². The summed E-state index contributed by atoms with van der Waals surface area (Å²) in [7, 11) is 0. The Kier molecular flexibility index (Phi) is 4.76. The molecule has 0 aliphatic carbocycles. The largest absolute Gasteiger partial charge is 0.338 e. The third-order valence-electron chi connectivity index (χ3n) is 4.07. The molecule has 4 nitrogen and oxygen atoms in total. The van der Waals surface area contributed by atoms with Crippen molar-refractivity contribution in [3.8, 4) is 0 Å². The van der Waals surface area contributed by atoms with Gasteiger partial charge in [0.15, 0.2) is 0 Å². The Morgan fingerprint density at radius 3 is 2.87 bits per heavy atom. The fraction of sp³-hybridized carbons (Fsp3) is 0.333. The molecule has 0 unspecified atom stereocenters. The third-order valence-corrected chi connectivity index (χ3v) is 4.95. The van der Waals surface area contributed by atoms with Gasteiger partial charge >= 0.3 is 0 Å². The summed E-state index contributed by atoms with van der Waals surface area (Å²) in [5.41, 5.74) is 3.20. The Bertz CT molecular complexity index is 710. The molecule has 1 aliphatic heterocycles. The average molecular weight is 328 g/mol. The number of benzene rings is 1. The van der Waals surface area contributed by atoms with Crippen LogP contribution in [0.5, 0.6) is 0 Å². The molecule has 0 bridgehead atoms. The summed E-state index contributed by atoms with van der Waals surface area (Å²) in [6.45, 7) is 3.31. The molecule has 0 saturated carbocycles. The van der Waals surface area contributed by atoms with Crippen molar-refractivity contribution in [1.82, 2.24) is 4.90 Å². The third kappa shape index (κ3) is 3.79. The van der Waals surface area contributed by atoms with Crippen molar-refractivity contribution in [1.29, 1.82) is 0 Å². The van der Waals surface area contributed by atoms with Gasteiger partial charge in [0.2, 0.25) is 11.8 Å². The molecular formula is C18H20N2O2S. The molecule has 1 aromatic heterocycles. The van der Waals surface area contributed by atoms with Gasteiger partial charge in [-0.25, -0.2) is 0 Å². The topological polar surface area (TPSA) is 49.4 Å². The second kappa shape index (κ2) is 6.96. The molecule has 0 spiro atoms. The normalized spacial score (nSPS) is 13.5. The molecule has 0 atom stereocenters. The lowest BCUT2D eigenvalue weighted by Crippen LogP contribution is -2.35. The number of carbonyl (C=O) groups excluding carboxylic acids is 2. The predicted octanol–water partition coefficient (Wildman–Crippen LogP) is 3.22. The van der Waals surface area contributed by atoms with Crippen LogP contribution in [0.4, 0.5) is 5.69 Å². The number of fused-ring (bicyclic) bond motifs is 1. The second-order valence-corrected chi connectivity index (χ2v) is 6.74. The van der Waals surface area contributed by atoms with Crippen LogP contribution < -0.4 is 5.32 Å². The maximum Gasteiger partial charge on any atom is 0.229 e. The fourth-order valence-electron chi connectivity index (χ4n) is 2.85. The van der Waals surface area contributed by atoms with Crippen LogP contribution in [-0.2, 0) is 29.0 Å². The minimum absolute atomic E-state index is 0.00954. The summed E-state index contributed by atoms with van der Waals surface area (Å²) < 4.78 is 0. The van der Waals surface area contributed by atoms with Crippen molar-refractivity contribution in [3.63, 3.8) is 0 Å². The Morgan fingerprint density at radius 1 is 1.26 bits per heavy atom. The lowest BCUT2D eigenvalue weighted by Gasteiger charge is -2.29. The van der Waals surface area contributed by atoms with E-state index < -0.39 is 0 Å². The van der Waals surface area contributed by atoms with Crippen LogP contribution in [0.25, 0.3) is 0 Å². The first-order valence-corrected chi connectivity index (χ1v) is 8.75. The summed E-state index contributed by atoms with van der Waals surface area (Å²) in [4.78, 5) is 26.9. The molecular weight excluding hydrogens is 308 g/mol. The molecule has 0 fully saturated rings. The minimum Gasteiger partial charge on any atom is -0.338 e. The van der Waals surface area contributed by atoms with Gasteiger partial charge in [0, 0.05) is 30.1 Å². The first kappa shape index (κ1) is 15.7. The average Bonchev–Trinajstić information content (AvgIpc) is 3.06. The Labute approximate surface area is 140 Å². The molecule has 2 amide bonds. The van der Waals surface area contributed by atoms with Gasteiger partial charge < -0.3 is 10.2 Å². The van der Waals surface area contributed by atoms with E-state index >= 15 is 0 Å². The molecule has 1 aromatic carbocycles. The molecule has 23 heavy (non-hydrogen) atoms. The van der Waals surface area contributed by atoms with Gasteiger partial charge in [-0.15, -0.1) is 11.3 Å². The summed E-state index contributed by atoms with van der Waals surface area (Å²) in [6, 6.07) is 9.92. The van der Waals surface area contributed by atoms with Crippen LogP contribution in [0.1, 0.15) is 29.3 Å². The standard InChI is InChI=1S/C18H20N2O2S/c1-2-18(22)20-8-7-13-5-6-15(10-14(13)12-20)19-17(21)11-16-4-3-9-23-16/h3-6,9-10H,2,7-8,11-12H2,1H3,(H,19,21). The SMILES string of the molecule is CCC(=O)N1CCc2ccc(NC(=O)Cc3cccs3)cc2C1. The summed E-state index contributed by atoms with van der Waals surface area (Å²) in [6.07, 6.45) is 1.81. The number of amides is 2. The highest BCUT2D eigenvalue weighted by Crippen LogP contribution is 2.23. The number of thiophene rings is 1. The summed E-state index contributed by atoms with van der Waals surface area (Å²) >= 11 is 1.59. The van der Waals surface area contributed by atoms with Gasteiger partial charge in [-0.3, -0.25) is 9.59 Å². The molecule has 5 heteroatoms. The van der Waals surface area contributed by atoms with Gasteiger partial charge in [0.05, 0.1) is 6.42 Å². The molecule has 120 valence electrons. The van der Waals surface area contributed by atoms with Crippen molar-refractivity contribution in [2.75, 3.05) is 11.9 Å². The fourth-order valence-corrected chi connectivity index (χ4v) is 3.55. The zero-order valence-corrected chi connectivity index (χ0v) is 14.0. The van der Waals surface area contributed by atoms with Gasteiger partial charge in [-0.05, 0) is 41.1 Å². The molecule has 3 rings (SSSR count). The summed E-state index contributed by atoms with van der Waals surface area (Å²) in [5, 5.41) is 4.93. The van der Waals surface area contributed by atoms with Crippen LogP contribution >= 0.6 is 11.3 Å². The Morgan fingerprint density at radius 2 is 2.13 bits per heavy atom.